The first kappa shape index (κ1) is 21.1. The maximum absolute atomic E-state index is 13.2. The van der Waals surface area contributed by atoms with Crippen LogP contribution in [-0.4, -0.2) is 25.5 Å². The summed E-state index contributed by atoms with van der Waals surface area (Å²) in [6, 6.07) is 18.5. The molecule has 1 amide bonds. The van der Waals surface area contributed by atoms with Gasteiger partial charge in [-0.15, -0.1) is 23.1 Å². The molecule has 1 saturated heterocycles. The Morgan fingerprint density at radius 2 is 2.00 bits per heavy atom. The number of anilines is 1. The van der Waals surface area contributed by atoms with E-state index in [0.29, 0.717) is 24.0 Å². The zero-order chi connectivity index (χ0) is 21.9. The molecule has 0 saturated carbocycles. The molecule has 3 heterocycles. The molecule has 4 nitrogen and oxygen atoms in total. The average Bonchev–Trinajstić information content (AvgIpc) is 3.56. The SMILES string of the molecule is O=C(NCC1CCN(c2ccc(F)cc2)C1)c1oc2ccccc2c1CSc1cccs1. The van der Waals surface area contributed by atoms with Crippen LogP contribution in [0.1, 0.15) is 22.5 Å². The number of carbonyl (C=O) groups excluding carboxylic acids is 1. The lowest BCUT2D eigenvalue weighted by molar-refractivity contribution is 0.0921. The third kappa shape index (κ3) is 4.54. The van der Waals surface area contributed by atoms with Crippen molar-refractivity contribution in [2.24, 2.45) is 5.92 Å². The molecule has 4 aromatic rings. The van der Waals surface area contributed by atoms with Crippen molar-refractivity contribution in [3.63, 3.8) is 0 Å². The number of carbonyl (C=O) groups is 1. The molecule has 0 spiro atoms. The van der Waals surface area contributed by atoms with Gasteiger partial charge in [0.1, 0.15) is 11.4 Å². The van der Waals surface area contributed by atoms with Crippen molar-refractivity contribution in [3.8, 4) is 0 Å². The maximum atomic E-state index is 13.2. The fourth-order valence-electron chi connectivity index (χ4n) is 4.12. The van der Waals surface area contributed by atoms with Gasteiger partial charge in [0, 0.05) is 42.0 Å². The van der Waals surface area contributed by atoms with E-state index >= 15 is 0 Å². The average molecular weight is 467 g/mol. The number of fused-ring (bicyclic) bond motifs is 1. The lowest BCUT2D eigenvalue weighted by Crippen LogP contribution is -2.31. The van der Waals surface area contributed by atoms with Crippen LogP contribution in [0.15, 0.2) is 74.7 Å². The van der Waals surface area contributed by atoms with Gasteiger partial charge in [0.05, 0.1) is 4.21 Å². The molecule has 32 heavy (non-hydrogen) atoms. The number of rotatable bonds is 7. The molecular formula is C25H23FN2O2S2. The zero-order valence-electron chi connectivity index (χ0n) is 17.4. The molecule has 1 aliphatic heterocycles. The largest absolute Gasteiger partial charge is 0.451 e. The second kappa shape index (κ2) is 9.38. The van der Waals surface area contributed by atoms with E-state index in [0.717, 1.165) is 41.7 Å². The number of thioether (sulfide) groups is 1. The normalized spacial score (nSPS) is 16.0. The molecule has 0 radical (unpaired) electrons. The van der Waals surface area contributed by atoms with Crippen LogP contribution in [-0.2, 0) is 5.75 Å². The summed E-state index contributed by atoms with van der Waals surface area (Å²) < 4.78 is 20.4. The van der Waals surface area contributed by atoms with Gasteiger partial charge in [0.15, 0.2) is 5.76 Å². The lowest BCUT2D eigenvalue weighted by Gasteiger charge is -2.18. The highest BCUT2D eigenvalue weighted by molar-refractivity contribution is 8.00. The molecule has 164 valence electrons. The predicted molar refractivity (Wildman–Crippen MR) is 129 cm³/mol. The molecule has 1 unspecified atom stereocenters. The summed E-state index contributed by atoms with van der Waals surface area (Å²) in [5.41, 5.74) is 2.70. The number of benzene rings is 2. The van der Waals surface area contributed by atoms with E-state index in [1.54, 1.807) is 23.1 Å². The third-order valence-electron chi connectivity index (χ3n) is 5.79. The van der Waals surface area contributed by atoms with Crippen LogP contribution in [0.25, 0.3) is 11.0 Å². The zero-order valence-corrected chi connectivity index (χ0v) is 19.1. The topological polar surface area (TPSA) is 45.5 Å². The summed E-state index contributed by atoms with van der Waals surface area (Å²) in [6.07, 6.45) is 0.985. The molecule has 2 aromatic carbocycles. The third-order valence-corrected chi connectivity index (χ3v) is 7.94. The molecular weight excluding hydrogens is 443 g/mol. The van der Waals surface area contributed by atoms with Crippen molar-refractivity contribution in [2.45, 2.75) is 16.4 Å². The van der Waals surface area contributed by atoms with Gasteiger partial charge in [-0.25, -0.2) is 4.39 Å². The van der Waals surface area contributed by atoms with Crippen LogP contribution in [0.5, 0.6) is 0 Å². The van der Waals surface area contributed by atoms with E-state index in [4.69, 9.17) is 4.42 Å². The van der Waals surface area contributed by atoms with Gasteiger partial charge in [-0.1, -0.05) is 24.3 Å². The van der Waals surface area contributed by atoms with Gasteiger partial charge in [-0.05, 0) is 54.1 Å². The Labute approximate surface area is 194 Å². The highest BCUT2D eigenvalue weighted by Gasteiger charge is 2.25. The summed E-state index contributed by atoms with van der Waals surface area (Å²) in [5, 5.41) is 6.14. The first-order chi connectivity index (χ1) is 15.7. The molecule has 7 heteroatoms. The summed E-state index contributed by atoms with van der Waals surface area (Å²) >= 11 is 3.42. The first-order valence-electron chi connectivity index (χ1n) is 10.6. The number of hydrogen-bond acceptors (Lipinski definition) is 5. The Hall–Kier alpha value is -2.77. The van der Waals surface area contributed by atoms with Crippen molar-refractivity contribution in [3.05, 3.63) is 83.2 Å². The number of nitrogens with one attached hydrogen (secondary N) is 1. The molecule has 5 rings (SSSR count). The predicted octanol–water partition coefficient (Wildman–Crippen LogP) is 6.18. The van der Waals surface area contributed by atoms with Gasteiger partial charge in [0.25, 0.3) is 5.91 Å². The van der Waals surface area contributed by atoms with Gasteiger partial charge in [-0.2, -0.15) is 0 Å². The quantitative estimate of drug-likeness (QED) is 0.330. The Balaban J connectivity index is 1.25. The van der Waals surface area contributed by atoms with Crippen molar-refractivity contribution in [2.75, 3.05) is 24.5 Å². The summed E-state index contributed by atoms with van der Waals surface area (Å²) in [5.74, 6) is 1.04. The summed E-state index contributed by atoms with van der Waals surface area (Å²) in [4.78, 5) is 15.3. The van der Waals surface area contributed by atoms with Gasteiger partial charge in [0.2, 0.25) is 0 Å². The van der Waals surface area contributed by atoms with Crippen LogP contribution >= 0.6 is 23.1 Å². The molecule has 1 fully saturated rings. The fraction of sp³-hybridized carbons (Fsp3) is 0.240. The number of halogens is 1. The van der Waals surface area contributed by atoms with Crippen molar-refractivity contribution in [1.82, 2.24) is 5.32 Å². The Morgan fingerprint density at radius 1 is 1.16 bits per heavy atom. The number of furan rings is 1. The van der Waals surface area contributed by atoms with E-state index in [1.165, 1.54) is 16.3 Å². The van der Waals surface area contributed by atoms with Gasteiger partial charge >= 0.3 is 0 Å². The van der Waals surface area contributed by atoms with Crippen molar-refractivity contribution >= 4 is 45.7 Å². The van der Waals surface area contributed by atoms with E-state index < -0.39 is 0 Å². The lowest BCUT2D eigenvalue weighted by atomic mass is 10.1. The standard InChI is InChI=1S/C25H23FN2O2S2/c26-18-7-9-19(10-8-18)28-12-11-17(15-28)14-27-25(29)24-21(16-32-23-6-3-13-31-23)20-4-1-2-5-22(20)30-24/h1-10,13,17H,11-12,14-16H2,(H,27,29). The molecule has 1 atom stereocenters. The van der Waals surface area contributed by atoms with Crippen LogP contribution in [0.2, 0.25) is 0 Å². The minimum Gasteiger partial charge on any atom is -0.451 e. The van der Waals surface area contributed by atoms with E-state index in [2.05, 4.69) is 21.7 Å². The maximum Gasteiger partial charge on any atom is 0.287 e. The second-order valence-electron chi connectivity index (χ2n) is 7.91. The highest BCUT2D eigenvalue weighted by Crippen LogP contribution is 2.34. The number of nitrogens with zero attached hydrogens (tertiary/aromatic N) is 1. The van der Waals surface area contributed by atoms with E-state index in [9.17, 15) is 9.18 Å². The second-order valence-corrected chi connectivity index (χ2v) is 10.1. The highest BCUT2D eigenvalue weighted by atomic mass is 32.2. The minimum atomic E-state index is -0.226. The number of amides is 1. The summed E-state index contributed by atoms with van der Waals surface area (Å²) in [7, 11) is 0. The smallest absolute Gasteiger partial charge is 0.287 e. The van der Waals surface area contributed by atoms with Crippen LogP contribution in [0, 0.1) is 11.7 Å². The Morgan fingerprint density at radius 3 is 2.81 bits per heavy atom. The molecule has 0 aliphatic carbocycles. The molecule has 2 aromatic heterocycles. The molecule has 1 N–H and O–H groups in total. The minimum absolute atomic E-state index is 0.164. The Bertz CT molecular complexity index is 1200. The van der Waals surface area contributed by atoms with Gasteiger partial charge < -0.3 is 14.6 Å². The van der Waals surface area contributed by atoms with Crippen molar-refractivity contribution < 1.29 is 13.6 Å². The molecule has 0 bridgehead atoms. The fourth-order valence-corrected chi connectivity index (χ4v) is 5.93. The van der Waals surface area contributed by atoms with Crippen molar-refractivity contribution in [1.29, 1.82) is 0 Å². The molecule has 1 aliphatic rings. The number of para-hydroxylation sites is 1. The Kier molecular flexibility index (Phi) is 6.19. The monoisotopic (exact) mass is 466 g/mol. The number of hydrogen-bond donors (Lipinski definition) is 1. The van der Waals surface area contributed by atoms with Crippen LogP contribution < -0.4 is 10.2 Å². The van der Waals surface area contributed by atoms with E-state index in [-0.39, 0.29) is 11.7 Å². The van der Waals surface area contributed by atoms with E-state index in [1.807, 2.05) is 42.5 Å². The van der Waals surface area contributed by atoms with Crippen LogP contribution in [0.3, 0.4) is 0 Å². The summed E-state index contributed by atoms with van der Waals surface area (Å²) in [6.45, 7) is 2.33. The van der Waals surface area contributed by atoms with Gasteiger partial charge in [-0.3, -0.25) is 4.79 Å². The first-order valence-corrected chi connectivity index (χ1v) is 12.5. The van der Waals surface area contributed by atoms with Crippen LogP contribution in [0.4, 0.5) is 10.1 Å². The number of thiophene rings is 1.